The number of aromatic nitrogens is 2. The number of aromatic amines is 1. The quantitative estimate of drug-likeness (QED) is 0.749. The molecule has 1 aliphatic carbocycles. The van der Waals surface area contributed by atoms with Crippen molar-refractivity contribution in [2.45, 2.75) is 19.8 Å². The Morgan fingerprint density at radius 2 is 2.24 bits per heavy atom. The second-order valence-corrected chi connectivity index (χ2v) is 5.21. The van der Waals surface area contributed by atoms with Crippen LogP contribution >= 0.6 is 0 Å². The first-order valence-corrected chi connectivity index (χ1v) is 6.43. The molecule has 21 heavy (non-hydrogen) atoms. The summed E-state index contributed by atoms with van der Waals surface area (Å²) < 4.78 is 5.29. The molecular weight excluding hydrogens is 278 g/mol. The number of furan rings is 1. The van der Waals surface area contributed by atoms with Crippen molar-refractivity contribution >= 4 is 23.0 Å². The van der Waals surface area contributed by atoms with E-state index in [0.29, 0.717) is 12.8 Å². The van der Waals surface area contributed by atoms with E-state index in [1.165, 1.54) is 6.33 Å². The summed E-state index contributed by atoms with van der Waals surface area (Å²) in [6.07, 6.45) is 2.27. The summed E-state index contributed by atoms with van der Waals surface area (Å²) in [6.45, 7) is 1.59. The maximum absolute atomic E-state index is 12.2. The predicted molar refractivity (Wildman–Crippen MR) is 71.0 cm³/mol. The van der Waals surface area contributed by atoms with Gasteiger partial charge in [-0.1, -0.05) is 0 Å². The standard InChI is InChI=1S/C13H13N3O5/c1-6-7(8-10(18)15-5-16-11(8)21-6)9(17)14-4-13(2-3-13)12(19)20/h5H,2-4H2,1H3,(H,14,17)(H,19,20)(H,15,16,18). The number of H-pyrrole nitrogens is 1. The van der Waals surface area contributed by atoms with Crippen LogP contribution in [-0.4, -0.2) is 33.5 Å². The molecule has 1 amide bonds. The number of fused-ring (bicyclic) bond motifs is 1. The Morgan fingerprint density at radius 1 is 1.52 bits per heavy atom. The second-order valence-electron chi connectivity index (χ2n) is 5.21. The summed E-state index contributed by atoms with van der Waals surface area (Å²) >= 11 is 0. The van der Waals surface area contributed by atoms with Crippen LogP contribution in [0, 0.1) is 12.3 Å². The lowest BCUT2D eigenvalue weighted by Gasteiger charge is -2.10. The van der Waals surface area contributed by atoms with E-state index in [2.05, 4.69) is 15.3 Å². The lowest BCUT2D eigenvalue weighted by molar-refractivity contribution is -0.143. The third kappa shape index (κ3) is 2.08. The van der Waals surface area contributed by atoms with E-state index in [0.717, 1.165) is 0 Å². The van der Waals surface area contributed by atoms with Crippen molar-refractivity contribution in [1.29, 1.82) is 0 Å². The van der Waals surface area contributed by atoms with Gasteiger partial charge >= 0.3 is 5.97 Å². The SMILES string of the molecule is Cc1oc2nc[nH]c(=O)c2c1C(=O)NCC1(C(=O)O)CC1. The second kappa shape index (κ2) is 4.44. The van der Waals surface area contributed by atoms with Gasteiger partial charge < -0.3 is 19.8 Å². The number of aliphatic carboxylic acids is 1. The summed E-state index contributed by atoms with van der Waals surface area (Å²) in [4.78, 5) is 41.4. The molecule has 8 heteroatoms. The van der Waals surface area contributed by atoms with Crippen LogP contribution in [0.15, 0.2) is 15.5 Å². The normalized spacial score (nSPS) is 15.9. The van der Waals surface area contributed by atoms with Crippen molar-refractivity contribution < 1.29 is 19.1 Å². The third-order valence-electron chi connectivity index (χ3n) is 3.79. The fourth-order valence-electron chi connectivity index (χ4n) is 2.28. The van der Waals surface area contributed by atoms with E-state index in [4.69, 9.17) is 9.52 Å². The molecular formula is C13H13N3O5. The Kier molecular flexibility index (Phi) is 2.82. The first-order valence-electron chi connectivity index (χ1n) is 6.43. The van der Waals surface area contributed by atoms with E-state index in [9.17, 15) is 14.4 Å². The molecule has 3 rings (SSSR count). The molecule has 1 aliphatic rings. The fourth-order valence-corrected chi connectivity index (χ4v) is 2.28. The molecule has 1 fully saturated rings. The van der Waals surface area contributed by atoms with Gasteiger partial charge in [0.2, 0.25) is 5.71 Å². The molecule has 0 radical (unpaired) electrons. The maximum atomic E-state index is 12.2. The lowest BCUT2D eigenvalue weighted by atomic mass is 10.1. The molecule has 1 saturated carbocycles. The van der Waals surface area contributed by atoms with E-state index < -0.39 is 22.9 Å². The zero-order valence-electron chi connectivity index (χ0n) is 11.2. The minimum absolute atomic E-state index is 0.0332. The Morgan fingerprint density at radius 3 is 2.86 bits per heavy atom. The highest BCUT2D eigenvalue weighted by Gasteiger charge is 2.50. The maximum Gasteiger partial charge on any atom is 0.311 e. The molecule has 2 aromatic heterocycles. The number of nitrogens with one attached hydrogen (secondary N) is 2. The lowest BCUT2D eigenvalue weighted by Crippen LogP contribution is -2.34. The molecule has 0 spiro atoms. The van der Waals surface area contributed by atoms with Crippen molar-refractivity contribution in [3.63, 3.8) is 0 Å². The number of carboxylic acids is 1. The van der Waals surface area contributed by atoms with Crippen molar-refractivity contribution in [3.05, 3.63) is 28.0 Å². The molecule has 0 aromatic carbocycles. The number of nitrogens with zero attached hydrogens (tertiary/aromatic N) is 1. The van der Waals surface area contributed by atoms with Gasteiger partial charge in [-0.25, -0.2) is 4.98 Å². The number of aryl methyl sites for hydroxylation is 1. The highest BCUT2D eigenvalue weighted by Crippen LogP contribution is 2.45. The number of carboxylic acid groups (broad SMARTS) is 1. The van der Waals surface area contributed by atoms with Gasteiger partial charge in [0.15, 0.2) is 0 Å². The van der Waals surface area contributed by atoms with Gasteiger partial charge in [0.25, 0.3) is 11.5 Å². The van der Waals surface area contributed by atoms with Gasteiger partial charge in [0.05, 0.1) is 17.3 Å². The molecule has 2 heterocycles. The van der Waals surface area contributed by atoms with E-state index >= 15 is 0 Å². The number of carbonyl (C=O) groups excluding carboxylic acids is 1. The van der Waals surface area contributed by atoms with Gasteiger partial charge in [-0.2, -0.15) is 0 Å². The molecule has 0 atom stereocenters. The predicted octanol–water partition coefficient (Wildman–Crippen LogP) is 0.419. The molecule has 3 N–H and O–H groups in total. The van der Waals surface area contributed by atoms with Gasteiger partial charge in [0.1, 0.15) is 11.1 Å². The zero-order valence-corrected chi connectivity index (χ0v) is 11.2. The average molecular weight is 291 g/mol. The molecule has 110 valence electrons. The highest BCUT2D eigenvalue weighted by molar-refractivity contribution is 6.06. The minimum Gasteiger partial charge on any atom is -0.481 e. The van der Waals surface area contributed by atoms with Crippen LogP contribution in [0.3, 0.4) is 0 Å². The first-order chi connectivity index (χ1) is 9.94. The van der Waals surface area contributed by atoms with Crippen LogP contribution in [0.25, 0.3) is 11.1 Å². The zero-order chi connectivity index (χ0) is 15.2. The first kappa shape index (κ1) is 13.3. The van der Waals surface area contributed by atoms with Gasteiger partial charge in [-0.3, -0.25) is 14.4 Å². The van der Waals surface area contributed by atoms with Gasteiger partial charge in [-0.05, 0) is 19.8 Å². The van der Waals surface area contributed by atoms with Gasteiger partial charge in [-0.15, -0.1) is 0 Å². The summed E-state index contributed by atoms with van der Waals surface area (Å²) in [5, 5.41) is 11.7. The topological polar surface area (TPSA) is 125 Å². The molecule has 0 unspecified atom stereocenters. The van der Waals surface area contributed by atoms with Gasteiger partial charge in [0, 0.05) is 6.54 Å². The van der Waals surface area contributed by atoms with Crippen molar-refractivity contribution in [2.75, 3.05) is 6.54 Å². The number of hydrogen-bond acceptors (Lipinski definition) is 5. The van der Waals surface area contributed by atoms with Crippen LogP contribution in [0.4, 0.5) is 0 Å². The molecule has 8 nitrogen and oxygen atoms in total. The Bertz CT molecular complexity index is 800. The van der Waals surface area contributed by atoms with E-state index in [-0.39, 0.29) is 29.0 Å². The monoisotopic (exact) mass is 291 g/mol. The Hall–Kier alpha value is -2.64. The Balaban J connectivity index is 1.90. The van der Waals surface area contributed by atoms with Crippen LogP contribution in [-0.2, 0) is 4.79 Å². The molecule has 0 bridgehead atoms. The van der Waals surface area contributed by atoms with Crippen LogP contribution in [0.5, 0.6) is 0 Å². The van der Waals surface area contributed by atoms with E-state index in [1.54, 1.807) is 6.92 Å². The summed E-state index contributed by atoms with van der Waals surface area (Å²) in [5.41, 5.74) is -1.16. The van der Waals surface area contributed by atoms with Crippen molar-refractivity contribution in [2.24, 2.45) is 5.41 Å². The number of rotatable bonds is 4. The minimum atomic E-state index is -0.920. The molecule has 2 aromatic rings. The fraction of sp³-hybridized carbons (Fsp3) is 0.385. The van der Waals surface area contributed by atoms with Crippen molar-refractivity contribution in [3.8, 4) is 0 Å². The summed E-state index contributed by atoms with van der Waals surface area (Å²) in [6, 6.07) is 0. The van der Waals surface area contributed by atoms with Crippen LogP contribution in [0.2, 0.25) is 0 Å². The average Bonchev–Trinajstić information content (AvgIpc) is 3.14. The largest absolute Gasteiger partial charge is 0.481 e. The highest BCUT2D eigenvalue weighted by atomic mass is 16.4. The van der Waals surface area contributed by atoms with Crippen molar-refractivity contribution in [1.82, 2.24) is 15.3 Å². The number of amides is 1. The smallest absolute Gasteiger partial charge is 0.311 e. The summed E-state index contributed by atoms with van der Waals surface area (Å²) in [5.74, 6) is -1.18. The Labute approximate surface area is 118 Å². The number of carbonyl (C=O) groups is 2. The third-order valence-corrected chi connectivity index (χ3v) is 3.79. The van der Waals surface area contributed by atoms with E-state index in [1.807, 2.05) is 0 Å². The van der Waals surface area contributed by atoms with Crippen LogP contribution in [0.1, 0.15) is 29.0 Å². The summed E-state index contributed by atoms with van der Waals surface area (Å²) in [7, 11) is 0. The molecule has 0 aliphatic heterocycles. The molecule has 0 saturated heterocycles. The number of hydrogen-bond donors (Lipinski definition) is 3. The van der Waals surface area contributed by atoms with Crippen LogP contribution < -0.4 is 10.9 Å².